The SMILES string of the molecule is CCc1ccccc1N(CC(=O)N/N=C\c1ccc(OC)cc1OC)S(C)(=O)=O. The second-order valence-electron chi connectivity index (χ2n) is 6.15. The van der Waals surface area contributed by atoms with Gasteiger partial charge in [-0.1, -0.05) is 25.1 Å². The summed E-state index contributed by atoms with van der Waals surface area (Å²) >= 11 is 0. The van der Waals surface area contributed by atoms with Crippen molar-refractivity contribution in [2.45, 2.75) is 13.3 Å². The molecular weight excluding hydrogens is 394 g/mol. The molecule has 9 heteroatoms. The number of nitrogens with one attached hydrogen (secondary N) is 1. The van der Waals surface area contributed by atoms with Gasteiger partial charge in [0.1, 0.15) is 18.0 Å². The average Bonchev–Trinajstić information content (AvgIpc) is 2.71. The molecule has 2 rings (SSSR count). The van der Waals surface area contributed by atoms with Crippen molar-refractivity contribution in [3.8, 4) is 11.5 Å². The number of ether oxygens (including phenoxy) is 2. The summed E-state index contributed by atoms with van der Waals surface area (Å²) in [5, 5.41) is 3.91. The van der Waals surface area contributed by atoms with E-state index in [0.717, 1.165) is 16.1 Å². The molecule has 0 atom stereocenters. The molecule has 0 saturated carbocycles. The van der Waals surface area contributed by atoms with Crippen molar-refractivity contribution in [2.24, 2.45) is 5.10 Å². The molecular formula is C20H25N3O5S. The molecule has 0 fully saturated rings. The van der Waals surface area contributed by atoms with E-state index in [1.54, 1.807) is 37.4 Å². The number of rotatable bonds is 9. The normalized spacial score (nSPS) is 11.3. The number of carbonyl (C=O) groups is 1. The Labute approximate surface area is 171 Å². The lowest BCUT2D eigenvalue weighted by atomic mass is 10.1. The zero-order valence-electron chi connectivity index (χ0n) is 16.9. The summed E-state index contributed by atoms with van der Waals surface area (Å²) in [4.78, 5) is 12.3. The topological polar surface area (TPSA) is 97.3 Å². The number of nitrogens with zero attached hydrogens (tertiary/aromatic N) is 2. The van der Waals surface area contributed by atoms with Crippen LogP contribution >= 0.6 is 0 Å². The fourth-order valence-corrected chi connectivity index (χ4v) is 3.59. The first kappa shape index (κ1) is 22.2. The van der Waals surface area contributed by atoms with Crippen molar-refractivity contribution in [3.05, 3.63) is 53.6 Å². The fourth-order valence-electron chi connectivity index (χ4n) is 2.70. The lowest BCUT2D eigenvalue weighted by Crippen LogP contribution is -2.39. The van der Waals surface area contributed by atoms with Gasteiger partial charge < -0.3 is 9.47 Å². The van der Waals surface area contributed by atoms with Crippen molar-refractivity contribution in [1.82, 2.24) is 5.43 Å². The van der Waals surface area contributed by atoms with Crippen LogP contribution in [0, 0.1) is 0 Å². The second kappa shape index (κ2) is 9.92. The molecule has 0 aliphatic rings. The summed E-state index contributed by atoms with van der Waals surface area (Å²) in [5.41, 5.74) is 4.30. The Morgan fingerprint density at radius 2 is 1.90 bits per heavy atom. The molecule has 0 aliphatic carbocycles. The Morgan fingerprint density at radius 1 is 1.17 bits per heavy atom. The maximum Gasteiger partial charge on any atom is 0.260 e. The zero-order chi connectivity index (χ0) is 21.4. The number of hydrogen-bond acceptors (Lipinski definition) is 6. The molecule has 29 heavy (non-hydrogen) atoms. The summed E-state index contributed by atoms with van der Waals surface area (Å²) in [7, 11) is -0.592. The van der Waals surface area contributed by atoms with Gasteiger partial charge in [-0.05, 0) is 30.2 Å². The molecule has 0 saturated heterocycles. The molecule has 0 aliphatic heterocycles. The highest BCUT2D eigenvalue weighted by Crippen LogP contribution is 2.24. The predicted molar refractivity (Wildman–Crippen MR) is 113 cm³/mol. The lowest BCUT2D eigenvalue weighted by molar-refractivity contribution is -0.119. The van der Waals surface area contributed by atoms with Crippen LogP contribution in [-0.4, -0.2) is 47.6 Å². The van der Waals surface area contributed by atoms with Crippen LogP contribution in [0.2, 0.25) is 0 Å². The number of methoxy groups -OCH3 is 2. The van der Waals surface area contributed by atoms with Crippen molar-refractivity contribution in [2.75, 3.05) is 31.3 Å². The zero-order valence-corrected chi connectivity index (χ0v) is 17.7. The lowest BCUT2D eigenvalue weighted by Gasteiger charge is -2.23. The average molecular weight is 420 g/mol. The van der Waals surface area contributed by atoms with Crippen molar-refractivity contribution in [1.29, 1.82) is 0 Å². The highest BCUT2D eigenvalue weighted by atomic mass is 32.2. The van der Waals surface area contributed by atoms with Crippen molar-refractivity contribution >= 4 is 27.8 Å². The number of hydrogen-bond donors (Lipinski definition) is 1. The number of amides is 1. The van der Waals surface area contributed by atoms with Gasteiger partial charge in [0.05, 0.1) is 32.4 Å². The fraction of sp³-hybridized carbons (Fsp3) is 0.300. The minimum absolute atomic E-state index is 0.382. The quantitative estimate of drug-likeness (QED) is 0.496. The summed E-state index contributed by atoms with van der Waals surface area (Å²) in [6.45, 7) is 1.54. The highest BCUT2D eigenvalue weighted by Gasteiger charge is 2.22. The molecule has 1 amide bonds. The number of sulfonamides is 1. The number of carbonyl (C=O) groups excluding carboxylic acids is 1. The molecule has 2 aromatic rings. The van der Waals surface area contributed by atoms with Gasteiger partial charge in [0, 0.05) is 11.6 Å². The minimum atomic E-state index is -3.65. The van der Waals surface area contributed by atoms with Crippen LogP contribution in [0.4, 0.5) is 5.69 Å². The van der Waals surface area contributed by atoms with E-state index in [-0.39, 0.29) is 6.54 Å². The first-order chi connectivity index (χ1) is 13.8. The summed E-state index contributed by atoms with van der Waals surface area (Å²) in [6.07, 6.45) is 3.12. The van der Waals surface area contributed by atoms with Gasteiger partial charge in [-0.25, -0.2) is 13.8 Å². The molecule has 8 nitrogen and oxygen atoms in total. The van der Waals surface area contributed by atoms with Crippen LogP contribution in [0.1, 0.15) is 18.1 Å². The van der Waals surface area contributed by atoms with Crippen molar-refractivity contribution in [3.63, 3.8) is 0 Å². The van der Waals surface area contributed by atoms with Gasteiger partial charge in [-0.3, -0.25) is 9.10 Å². The Bertz CT molecular complexity index is 989. The van der Waals surface area contributed by atoms with Crippen molar-refractivity contribution < 1.29 is 22.7 Å². The largest absolute Gasteiger partial charge is 0.497 e. The second-order valence-corrected chi connectivity index (χ2v) is 8.06. The van der Waals surface area contributed by atoms with Gasteiger partial charge in [-0.2, -0.15) is 5.10 Å². The molecule has 2 aromatic carbocycles. The van der Waals surface area contributed by atoms with Crippen LogP contribution < -0.4 is 19.2 Å². The number of para-hydroxylation sites is 1. The number of benzene rings is 2. The summed E-state index contributed by atoms with van der Waals surface area (Å²) < 4.78 is 36.0. The van der Waals surface area contributed by atoms with Gasteiger partial charge in [0.2, 0.25) is 10.0 Å². The molecule has 1 N–H and O–H groups in total. The maximum absolute atomic E-state index is 12.3. The van der Waals surface area contributed by atoms with E-state index < -0.39 is 15.9 Å². The van der Waals surface area contributed by atoms with Crippen LogP contribution in [0.5, 0.6) is 11.5 Å². The molecule has 0 radical (unpaired) electrons. The number of hydrazone groups is 1. The molecule has 156 valence electrons. The standard InChI is InChI=1S/C20H25N3O5S/c1-5-15-8-6-7-9-18(15)23(29(4,25)26)14-20(24)22-21-13-16-10-11-17(27-2)12-19(16)28-3/h6-13H,5,14H2,1-4H3,(H,22,24)/b21-13-. The maximum atomic E-state index is 12.3. The number of anilines is 1. The van der Waals surface area contributed by atoms with Gasteiger partial charge >= 0.3 is 0 Å². The Hall–Kier alpha value is -3.07. The molecule has 0 bridgehead atoms. The van der Waals surface area contributed by atoms with E-state index in [2.05, 4.69) is 10.5 Å². The van der Waals surface area contributed by atoms with Gasteiger partial charge in [0.15, 0.2) is 0 Å². The van der Waals surface area contributed by atoms with E-state index in [1.807, 2.05) is 19.1 Å². The Kier molecular flexibility index (Phi) is 7.60. The Balaban J connectivity index is 2.15. The van der Waals surface area contributed by atoms with Gasteiger partial charge in [0.25, 0.3) is 5.91 Å². The molecule has 0 unspecified atom stereocenters. The monoisotopic (exact) mass is 419 g/mol. The van der Waals surface area contributed by atoms with Gasteiger partial charge in [-0.15, -0.1) is 0 Å². The van der Waals surface area contributed by atoms with E-state index >= 15 is 0 Å². The third-order valence-corrected chi connectivity index (χ3v) is 5.29. The van der Waals surface area contributed by atoms with Crippen LogP contribution in [0.15, 0.2) is 47.6 Å². The summed E-state index contributed by atoms with van der Waals surface area (Å²) in [5.74, 6) is 0.587. The first-order valence-corrected chi connectivity index (χ1v) is 10.7. The van der Waals surface area contributed by atoms with E-state index in [0.29, 0.717) is 29.2 Å². The molecule has 0 aromatic heterocycles. The highest BCUT2D eigenvalue weighted by molar-refractivity contribution is 7.92. The third kappa shape index (κ3) is 5.95. The summed E-state index contributed by atoms with van der Waals surface area (Å²) in [6, 6.07) is 12.2. The van der Waals surface area contributed by atoms with E-state index in [1.165, 1.54) is 13.3 Å². The molecule has 0 heterocycles. The number of aryl methyl sites for hydroxylation is 1. The molecule has 0 spiro atoms. The minimum Gasteiger partial charge on any atom is -0.497 e. The predicted octanol–water partition coefficient (Wildman–Crippen LogP) is 2.18. The third-order valence-electron chi connectivity index (χ3n) is 4.16. The smallest absolute Gasteiger partial charge is 0.260 e. The Morgan fingerprint density at radius 3 is 2.52 bits per heavy atom. The van der Waals surface area contributed by atoms with Crippen LogP contribution in [0.3, 0.4) is 0 Å². The van der Waals surface area contributed by atoms with Crippen LogP contribution in [0.25, 0.3) is 0 Å². The first-order valence-electron chi connectivity index (χ1n) is 8.89. The van der Waals surface area contributed by atoms with E-state index in [9.17, 15) is 13.2 Å². The van der Waals surface area contributed by atoms with Crippen LogP contribution in [-0.2, 0) is 21.2 Å². The van der Waals surface area contributed by atoms with E-state index in [4.69, 9.17) is 9.47 Å².